The smallest absolute Gasteiger partial charge is 0.303 e. The summed E-state index contributed by atoms with van der Waals surface area (Å²) < 4.78 is 0. The summed E-state index contributed by atoms with van der Waals surface area (Å²) in [6.07, 6.45) is 3.50. The molecule has 1 aliphatic rings. The van der Waals surface area contributed by atoms with Crippen LogP contribution in [0.4, 0.5) is 0 Å². The fraction of sp³-hybridized carbons (Fsp3) is 0.611. The average molecular weight is 326 g/mol. The van der Waals surface area contributed by atoms with Crippen LogP contribution in [0.2, 0.25) is 0 Å². The SMILES string of the molecule is Cc1cc(C)c(CN2CCCC(CC(=O)O)CC2)c(C)c1.Cl. The molecule has 1 fully saturated rings. The first kappa shape index (κ1) is 19.0. The summed E-state index contributed by atoms with van der Waals surface area (Å²) in [4.78, 5) is 13.4. The molecule has 1 heterocycles. The lowest BCUT2D eigenvalue weighted by Crippen LogP contribution is -2.25. The molecule has 1 saturated heterocycles. The molecule has 0 radical (unpaired) electrons. The maximum atomic E-state index is 10.9. The zero-order valence-corrected chi connectivity index (χ0v) is 14.7. The third kappa shape index (κ3) is 5.29. The van der Waals surface area contributed by atoms with Crippen LogP contribution < -0.4 is 0 Å². The molecule has 1 aromatic carbocycles. The Balaban J connectivity index is 0.00000242. The van der Waals surface area contributed by atoms with Crippen LogP contribution in [0, 0.1) is 26.7 Å². The van der Waals surface area contributed by atoms with Gasteiger partial charge in [0.2, 0.25) is 0 Å². The van der Waals surface area contributed by atoms with Gasteiger partial charge in [0.15, 0.2) is 0 Å². The van der Waals surface area contributed by atoms with Gasteiger partial charge in [0, 0.05) is 13.0 Å². The van der Waals surface area contributed by atoms with Gasteiger partial charge in [0.05, 0.1) is 0 Å². The van der Waals surface area contributed by atoms with Crippen LogP contribution in [-0.2, 0) is 11.3 Å². The van der Waals surface area contributed by atoms with Gasteiger partial charge in [-0.25, -0.2) is 0 Å². The predicted octanol–water partition coefficient (Wildman–Crippen LogP) is 4.11. The number of aliphatic carboxylic acids is 1. The van der Waals surface area contributed by atoms with E-state index in [0.717, 1.165) is 38.9 Å². The fourth-order valence-corrected chi connectivity index (χ4v) is 3.52. The molecule has 2 rings (SSSR count). The fourth-order valence-electron chi connectivity index (χ4n) is 3.52. The van der Waals surface area contributed by atoms with E-state index >= 15 is 0 Å². The van der Waals surface area contributed by atoms with Gasteiger partial charge < -0.3 is 5.11 Å². The largest absolute Gasteiger partial charge is 0.481 e. The van der Waals surface area contributed by atoms with Crippen molar-refractivity contribution in [2.75, 3.05) is 13.1 Å². The molecule has 0 bridgehead atoms. The van der Waals surface area contributed by atoms with Crippen LogP contribution in [-0.4, -0.2) is 29.1 Å². The van der Waals surface area contributed by atoms with Gasteiger partial charge in [0.1, 0.15) is 0 Å². The second-order valence-electron chi connectivity index (χ2n) is 6.55. The third-order valence-electron chi connectivity index (χ3n) is 4.63. The molecule has 0 saturated carbocycles. The topological polar surface area (TPSA) is 40.5 Å². The number of hydrogen-bond acceptors (Lipinski definition) is 2. The molecule has 4 heteroatoms. The first-order valence-electron chi connectivity index (χ1n) is 7.96. The molecule has 0 aromatic heterocycles. The van der Waals surface area contributed by atoms with Crippen molar-refractivity contribution in [3.05, 3.63) is 34.4 Å². The van der Waals surface area contributed by atoms with E-state index in [1.165, 1.54) is 22.3 Å². The minimum Gasteiger partial charge on any atom is -0.481 e. The van der Waals surface area contributed by atoms with Crippen molar-refractivity contribution in [1.29, 1.82) is 0 Å². The van der Waals surface area contributed by atoms with Gasteiger partial charge in [0.25, 0.3) is 0 Å². The van der Waals surface area contributed by atoms with E-state index in [9.17, 15) is 4.79 Å². The monoisotopic (exact) mass is 325 g/mol. The summed E-state index contributed by atoms with van der Waals surface area (Å²) in [7, 11) is 0. The van der Waals surface area contributed by atoms with Gasteiger partial charge in [-0.3, -0.25) is 9.69 Å². The Bertz CT molecular complexity index is 493. The normalized spacial score (nSPS) is 19.3. The van der Waals surface area contributed by atoms with Crippen molar-refractivity contribution < 1.29 is 9.90 Å². The number of likely N-dealkylation sites (tertiary alicyclic amines) is 1. The summed E-state index contributed by atoms with van der Waals surface area (Å²) in [5.74, 6) is -0.300. The standard InChI is InChI=1S/C18H27NO2.ClH/c1-13-9-14(2)17(15(3)10-13)12-19-7-4-5-16(6-8-19)11-18(20)21;/h9-10,16H,4-8,11-12H2,1-3H3,(H,20,21);1H. The van der Waals surface area contributed by atoms with E-state index in [0.29, 0.717) is 12.3 Å². The van der Waals surface area contributed by atoms with Crippen molar-refractivity contribution in [3.8, 4) is 0 Å². The molecule has 1 aromatic rings. The number of halogens is 1. The van der Waals surface area contributed by atoms with Crippen molar-refractivity contribution in [2.45, 2.75) is 53.0 Å². The number of carboxylic acids is 1. The predicted molar refractivity (Wildman–Crippen MR) is 92.8 cm³/mol. The highest BCUT2D eigenvalue weighted by molar-refractivity contribution is 5.85. The van der Waals surface area contributed by atoms with E-state index in [4.69, 9.17) is 5.11 Å². The van der Waals surface area contributed by atoms with Crippen molar-refractivity contribution in [3.63, 3.8) is 0 Å². The molecule has 1 N–H and O–H groups in total. The van der Waals surface area contributed by atoms with E-state index < -0.39 is 5.97 Å². The van der Waals surface area contributed by atoms with E-state index in [1.807, 2.05) is 0 Å². The Morgan fingerprint density at radius 1 is 1.18 bits per heavy atom. The number of rotatable bonds is 4. The Hall–Kier alpha value is -1.06. The second-order valence-corrected chi connectivity index (χ2v) is 6.55. The molecule has 124 valence electrons. The molecule has 22 heavy (non-hydrogen) atoms. The molecule has 0 spiro atoms. The van der Waals surface area contributed by atoms with Gasteiger partial charge in [-0.1, -0.05) is 17.7 Å². The van der Waals surface area contributed by atoms with E-state index in [-0.39, 0.29) is 12.4 Å². The van der Waals surface area contributed by atoms with Gasteiger partial charge in [-0.2, -0.15) is 0 Å². The summed E-state index contributed by atoms with van der Waals surface area (Å²) in [5, 5.41) is 8.94. The van der Waals surface area contributed by atoms with E-state index in [2.05, 4.69) is 37.8 Å². The number of carboxylic acid groups (broad SMARTS) is 1. The summed E-state index contributed by atoms with van der Waals surface area (Å²) in [5.41, 5.74) is 5.51. The Labute approximate surface area is 140 Å². The zero-order chi connectivity index (χ0) is 15.4. The molecule has 1 aliphatic heterocycles. The maximum Gasteiger partial charge on any atom is 0.303 e. The quantitative estimate of drug-likeness (QED) is 0.905. The lowest BCUT2D eigenvalue weighted by molar-refractivity contribution is -0.138. The van der Waals surface area contributed by atoms with Gasteiger partial charge >= 0.3 is 5.97 Å². The lowest BCUT2D eigenvalue weighted by atomic mass is 9.97. The zero-order valence-electron chi connectivity index (χ0n) is 13.9. The minimum absolute atomic E-state index is 0. The first-order chi connectivity index (χ1) is 9.95. The molecule has 0 amide bonds. The summed E-state index contributed by atoms with van der Waals surface area (Å²) in [6.45, 7) is 9.64. The van der Waals surface area contributed by atoms with Crippen molar-refractivity contribution in [1.82, 2.24) is 4.90 Å². The summed E-state index contributed by atoms with van der Waals surface area (Å²) in [6, 6.07) is 4.51. The van der Waals surface area contributed by atoms with E-state index in [1.54, 1.807) is 0 Å². The molecule has 1 unspecified atom stereocenters. The van der Waals surface area contributed by atoms with Crippen LogP contribution in [0.3, 0.4) is 0 Å². The average Bonchev–Trinajstić information content (AvgIpc) is 2.58. The first-order valence-corrected chi connectivity index (χ1v) is 7.96. The van der Waals surface area contributed by atoms with Gasteiger partial charge in [-0.05, 0) is 75.7 Å². The number of benzene rings is 1. The highest BCUT2D eigenvalue weighted by atomic mass is 35.5. The Kier molecular flexibility index (Phi) is 7.37. The highest BCUT2D eigenvalue weighted by Gasteiger charge is 2.20. The van der Waals surface area contributed by atoms with Crippen LogP contribution in [0.1, 0.15) is 47.9 Å². The van der Waals surface area contributed by atoms with Crippen LogP contribution in [0.5, 0.6) is 0 Å². The molecular formula is C18H28ClNO2. The maximum absolute atomic E-state index is 10.9. The van der Waals surface area contributed by atoms with Crippen molar-refractivity contribution in [2.24, 2.45) is 5.92 Å². The van der Waals surface area contributed by atoms with Crippen molar-refractivity contribution >= 4 is 18.4 Å². The molecule has 3 nitrogen and oxygen atoms in total. The Morgan fingerprint density at radius 3 is 2.41 bits per heavy atom. The lowest BCUT2D eigenvalue weighted by Gasteiger charge is -2.23. The number of aryl methyl sites for hydroxylation is 3. The number of nitrogens with zero attached hydrogens (tertiary/aromatic N) is 1. The highest BCUT2D eigenvalue weighted by Crippen LogP contribution is 2.24. The molecule has 1 atom stereocenters. The molecular weight excluding hydrogens is 298 g/mol. The second kappa shape index (κ2) is 8.54. The van der Waals surface area contributed by atoms with Gasteiger partial charge in [-0.15, -0.1) is 12.4 Å². The number of hydrogen-bond donors (Lipinski definition) is 1. The molecule has 0 aliphatic carbocycles. The third-order valence-corrected chi connectivity index (χ3v) is 4.63. The van der Waals surface area contributed by atoms with Crippen LogP contribution in [0.15, 0.2) is 12.1 Å². The Morgan fingerprint density at radius 2 is 1.82 bits per heavy atom. The van der Waals surface area contributed by atoms with Crippen LogP contribution in [0.25, 0.3) is 0 Å². The number of carbonyl (C=O) groups is 1. The summed E-state index contributed by atoms with van der Waals surface area (Å²) >= 11 is 0. The minimum atomic E-state index is -0.654. The van der Waals surface area contributed by atoms with Crippen LogP contribution >= 0.6 is 12.4 Å².